The van der Waals surface area contributed by atoms with Gasteiger partial charge in [-0.2, -0.15) is 5.26 Å². The molecule has 1 amide bonds. The molecule has 1 aromatic heterocycles. The summed E-state index contributed by atoms with van der Waals surface area (Å²) >= 11 is 1.25. The van der Waals surface area contributed by atoms with Gasteiger partial charge in [0.2, 0.25) is 11.1 Å². The first-order chi connectivity index (χ1) is 12.6. The predicted molar refractivity (Wildman–Crippen MR) is 108 cm³/mol. The van der Waals surface area contributed by atoms with Crippen LogP contribution < -0.4 is 10.7 Å². The van der Waals surface area contributed by atoms with Crippen LogP contribution in [0.4, 0.5) is 5.69 Å². The Kier molecular flexibility index (Phi) is 6.50. The van der Waals surface area contributed by atoms with Crippen molar-refractivity contribution in [3.8, 4) is 6.07 Å². The number of rotatable bonds is 6. The Morgan fingerprint density at radius 3 is 2.41 bits per heavy atom. The molecule has 0 atom stereocenters. The highest BCUT2D eigenvalue weighted by Crippen LogP contribution is 2.25. The van der Waals surface area contributed by atoms with Crippen molar-refractivity contribution in [2.45, 2.75) is 51.6 Å². The number of benzene rings is 1. The molecule has 0 spiro atoms. The van der Waals surface area contributed by atoms with Crippen LogP contribution in [0.5, 0.6) is 0 Å². The van der Waals surface area contributed by atoms with E-state index in [4.69, 9.17) is 11.1 Å². The van der Waals surface area contributed by atoms with Gasteiger partial charge in [-0.25, -0.2) is 4.68 Å². The van der Waals surface area contributed by atoms with Crippen molar-refractivity contribution < 1.29 is 4.79 Å². The first-order valence-corrected chi connectivity index (χ1v) is 9.71. The second kappa shape index (κ2) is 8.44. The van der Waals surface area contributed by atoms with E-state index in [9.17, 15) is 4.79 Å². The predicted octanol–water partition coefficient (Wildman–Crippen LogP) is 2.95. The number of carbonyl (C=O) groups is 1. The van der Waals surface area contributed by atoms with E-state index in [1.807, 2.05) is 46.8 Å². The second-order valence-corrected chi connectivity index (χ2v) is 8.46. The monoisotopic (exact) mass is 386 g/mol. The Balaban J connectivity index is 2.17. The molecule has 0 fully saturated rings. The zero-order chi connectivity index (χ0) is 20.2. The van der Waals surface area contributed by atoms with Crippen LogP contribution in [0.15, 0.2) is 23.4 Å². The van der Waals surface area contributed by atoms with E-state index in [1.165, 1.54) is 16.4 Å². The van der Waals surface area contributed by atoms with Gasteiger partial charge in [-0.3, -0.25) is 4.79 Å². The lowest BCUT2D eigenvalue weighted by atomic mass is 9.96. The molecule has 27 heavy (non-hydrogen) atoms. The third-order valence-corrected chi connectivity index (χ3v) is 4.85. The Bertz CT molecular complexity index is 842. The molecule has 1 aromatic carbocycles. The number of amides is 1. The van der Waals surface area contributed by atoms with E-state index >= 15 is 0 Å². The fourth-order valence-corrected chi connectivity index (χ4v) is 3.49. The van der Waals surface area contributed by atoms with Gasteiger partial charge < -0.3 is 10.7 Å². The zero-order valence-corrected chi connectivity index (χ0v) is 17.3. The van der Waals surface area contributed by atoms with Gasteiger partial charge in [0, 0.05) is 17.6 Å². The molecular weight excluding hydrogens is 360 g/mol. The fourth-order valence-electron chi connectivity index (χ4n) is 2.76. The van der Waals surface area contributed by atoms with Crippen LogP contribution in [0.25, 0.3) is 0 Å². The Morgan fingerprint density at radius 1 is 1.26 bits per heavy atom. The van der Waals surface area contributed by atoms with Crippen molar-refractivity contribution in [3.63, 3.8) is 0 Å². The summed E-state index contributed by atoms with van der Waals surface area (Å²) in [7, 11) is 0. The van der Waals surface area contributed by atoms with Crippen molar-refractivity contribution in [2.24, 2.45) is 0 Å². The maximum atomic E-state index is 12.9. The molecule has 0 aliphatic carbocycles. The molecule has 2 N–H and O–H groups in total. The van der Waals surface area contributed by atoms with E-state index in [0.717, 1.165) is 16.8 Å². The normalized spacial score (nSPS) is 11.3. The summed E-state index contributed by atoms with van der Waals surface area (Å²) in [6, 6.07) is 8.07. The van der Waals surface area contributed by atoms with Crippen LogP contribution in [0.3, 0.4) is 0 Å². The first-order valence-electron chi connectivity index (χ1n) is 8.73. The van der Waals surface area contributed by atoms with Crippen molar-refractivity contribution in [2.75, 3.05) is 23.0 Å². The molecule has 0 saturated heterocycles. The van der Waals surface area contributed by atoms with E-state index in [-0.39, 0.29) is 23.5 Å². The molecular formula is C19H26N6OS. The molecule has 0 unspecified atom stereocenters. The summed E-state index contributed by atoms with van der Waals surface area (Å²) in [6.07, 6.45) is 0.268. The molecule has 2 rings (SSSR count). The topological polar surface area (TPSA) is 101 Å². The molecule has 0 saturated carbocycles. The van der Waals surface area contributed by atoms with Gasteiger partial charge in [0.1, 0.15) is 0 Å². The van der Waals surface area contributed by atoms with Crippen molar-refractivity contribution in [1.82, 2.24) is 14.9 Å². The van der Waals surface area contributed by atoms with Gasteiger partial charge >= 0.3 is 0 Å². The number of carbonyl (C=O) groups excluding carboxylic acids is 1. The van der Waals surface area contributed by atoms with Crippen LogP contribution in [0.2, 0.25) is 0 Å². The minimum atomic E-state index is -0.234. The number of anilines is 1. The van der Waals surface area contributed by atoms with E-state index < -0.39 is 0 Å². The number of nitrogens with zero attached hydrogens (tertiary/aromatic N) is 5. The zero-order valence-electron chi connectivity index (χ0n) is 16.5. The molecule has 144 valence electrons. The van der Waals surface area contributed by atoms with Crippen LogP contribution in [0, 0.1) is 25.2 Å². The van der Waals surface area contributed by atoms with E-state index in [1.54, 1.807) is 4.90 Å². The number of nitrogen functional groups attached to an aromatic ring is 1. The smallest absolute Gasteiger partial charge is 0.237 e. The molecule has 2 aromatic rings. The lowest BCUT2D eigenvalue weighted by Crippen LogP contribution is -2.33. The molecule has 0 radical (unpaired) electrons. The molecule has 0 bridgehead atoms. The van der Waals surface area contributed by atoms with Gasteiger partial charge in [-0.1, -0.05) is 38.6 Å². The standard InChI is InChI=1S/C19H26N6OS/c1-13-9-14(2)11-15(10-13)24(8-6-7-20)16(26)12-27-18-23-22-17(25(18)21)19(3,4)5/h9-11H,6,8,12,21H2,1-5H3. The Labute approximate surface area is 164 Å². The number of aryl methyl sites for hydroxylation is 2. The Hall–Kier alpha value is -2.53. The molecule has 0 aliphatic heterocycles. The average Bonchev–Trinajstić information content (AvgIpc) is 2.93. The molecule has 8 heteroatoms. The van der Waals surface area contributed by atoms with Gasteiger partial charge in [0.25, 0.3) is 0 Å². The average molecular weight is 387 g/mol. The van der Waals surface area contributed by atoms with Gasteiger partial charge in [-0.15, -0.1) is 10.2 Å². The van der Waals surface area contributed by atoms with Crippen molar-refractivity contribution in [3.05, 3.63) is 35.2 Å². The lowest BCUT2D eigenvalue weighted by Gasteiger charge is -2.22. The largest absolute Gasteiger partial charge is 0.336 e. The molecule has 0 aliphatic rings. The lowest BCUT2D eigenvalue weighted by molar-refractivity contribution is -0.116. The first kappa shape index (κ1) is 20.8. The highest BCUT2D eigenvalue weighted by atomic mass is 32.2. The summed E-state index contributed by atoms with van der Waals surface area (Å²) in [5.41, 5.74) is 2.72. The molecule has 1 heterocycles. The summed E-state index contributed by atoms with van der Waals surface area (Å²) in [5.74, 6) is 6.81. The minimum absolute atomic E-state index is 0.0967. The highest BCUT2D eigenvalue weighted by molar-refractivity contribution is 7.99. The quantitative estimate of drug-likeness (QED) is 0.605. The minimum Gasteiger partial charge on any atom is -0.336 e. The summed E-state index contributed by atoms with van der Waals surface area (Å²) < 4.78 is 1.44. The molecule has 7 nitrogen and oxygen atoms in total. The third-order valence-electron chi connectivity index (χ3n) is 3.93. The second-order valence-electron chi connectivity index (χ2n) is 7.51. The number of nitriles is 1. The number of hydrogen-bond donors (Lipinski definition) is 1. The van der Waals surface area contributed by atoms with Gasteiger partial charge in [0.15, 0.2) is 5.82 Å². The maximum absolute atomic E-state index is 12.9. The summed E-state index contributed by atoms with van der Waals surface area (Å²) in [4.78, 5) is 14.5. The number of thioether (sulfide) groups is 1. The van der Waals surface area contributed by atoms with Crippen molar-refractivity contribution >= 4 is 23.4 Å². The summed E-state index contributed by atoms with van der Waals surface area (Å²) in [6.45, 7) is 10.3. The third kappa shape index (κ3) is 5.23. The van der Waals surface area contributed by atoms with Crippen LogP contribution >= 0.6 is 11.8 Å². The van der Waals surface area contributed by atoms with Gasteiger partial charge in [0.05, 0.1) is 18.2 Å². The maximum Gasteiger partial charge on any atom is 0.237 e. The SMILES string of the molecule is Cc1cc(C)cc(N(CCC#N)C(=O)CSc2nnc(C(C)(C)C)n2N)c1. The van der Waals surface area contributed by atoms with Crippen molar-refractivity contribution in [1.29, 1.82) is 5.26 Å². The summed E-state index contributed by atoms with van der Waals surface area (Å²) in [5, 5.41) is 17.7. The van der Waals surface area contributed by atoms with Crippen LogP contribution in [-0.4, -0.2) is 33.1 Å². The number of nitrogens with two attached hydrogens (primary N) is 1. The highest BCUT2D eigenvalue weighted by Gasteiger charge is 2.24. The Morgan fingerprint density at radius 2 is 1.89 bits per heavy atom. The van der Waals surface area contributed by atoms with E-state index in [2.05, 4.69) is 22.3 Å². The number of aromatic nitrogens is 3. The van der Waals surface area contributed by atoms with E-state index in [0.29, 0.717) is 17.5 Å². The van der Waals surface area contributed by atoms with Crippen LogP contribution in [-0.2, 0) is 10.2 Å². The fraction of sp³-hybridized carbons (Fsp3) is 0.474. The number of hydrogen-bond acceptors (Lipinski definition) is 6. The van der Waals surface area contributed by atoms with Crippen LogP contribution in [0.1, 0.15) is 44.1 Å². The van der Waals surface area contributed by atoms with Gasteiger partial charge in [-0.05, 0) is 37.1 Å².